The molecule has 0 heterocycles. The fourth-order valence-corrected chi connectivity index (χ4v) is 6.82. The van der Waals surface area contributed by atoms with Gasteiger partial charge in [0.2, 0.25) is 0 Å². The van der Waals surface area contributed by atoms with Crippen molar-refractivity contribution in [2.75, 3.05) is 0 Å². The third-order valence-corrected chi connectivity index (χ3v) is 10.3. The number of hydrogen-bond donors (Lipinski definition) is 0. The van der Waals surface area contributed by atoms with E-state index in [1.807, 2.05) is 0 Å². The lowest BCUT2D eigenvalue weighted by molar-refractivity contribution is 0.835. The van der Waals surface area contributed by atoms with Gasteiger partial charge in [0.25, 0.3) is 0 Å². The topological polar surface area (TPSA) is 0 Å². The molecule has 4 aromatic carbocycles. The molecule has 0 unspecified atom stereocenters. The van der Waals surface area contributed by atoms with E-state index in [9.17, 15) is 0 Å². The molecular formula is C52H80. The van der Waals surface area contributed by atoms with Gasteiger partial charge >= 0.3 is 0 Å². The normalized spacial score (nSPS) is 11.3. The molecule has 0 saturated heterocycles. The average molecular weight is 705 g/mol. The van der Waals surface area contributed by atoms with Crippen molar-refractivity contribution in [2.24, 2.45) is 0 Å². The van der Waals surface area contributed by atoms with Crippen LogP contribution in [0.3, 0.4) is 0 Å². The summed E-state index contributed by atoms with van der Waals surface area (Å²) < 4.78 is 0. The van der Waals surface area contributed by atoms with E-state index in [4.69, 9.17) is 0 Å². The van der Waals surface area contributed by atoms with E-state index in [1.54, 1.807) is 0 Å². The van der Waals surface area contributed by atoms with Crippen LogP contribution in [0.4, 0.5) is 0 Å². The molecule has 0 aromatic heterocycles. The molecule has 0 aliphatic carbocycles. The van der Waals surface area contributed by atoms with Crippen LogP contribution in [0.2, 0.25) is 0 Å². The zero-order valence-corrected chi connectivity index (χ0v) is 37.5. The van der Waals surface area contributed by atoms with Gasteiger partial charge in [0.1, 0.15) is 0 Å². The maximum absolute atomic E-state index is 2.32. The fourth-order valence-electron chi connectivity index (χ4n) is 6.82. The molecule has 0 saturated carbocycles. The molecule has 4 rings (SSSR count). The summed E-state index contributed by atoms with van der Waals surface area (Å²) in [6.45, 7) is 44.7. The van der Waals surface area contributed by atoms with Crippen molar-refractivity contribution in [1.29, 1.82) is 0 Å². The second-order valence-corrected chi connectivity index (χ2v) is 17.7. The van der Waals surface area contributed by atoms with E-state index < -0.39 is 0 Å². The first-order valence-electron chi connectivity index (χ1n) is 20.5. The number of hydrogen-bond acceptors (Lipinski definition) is 0. The fraction of sp³-hybridized carbons (Fsp3) is 0.538. The van der Waals surface area contributed by atoms with E-state index in [1.165, 1.54) is 66.8 Å². The zero-order valence-electron chi connectivity index (χ0n) is 37.5. The highest BCUT2D eigenvalue weighted by molar-refractivity contribution is 5.37. The Balaban J connectivity index is 0.000000347. The van der Waals surface area contributed by atoms with Crippen LogP contribution in [-0.2, 0) is 0 Å². The monoisotopic (exact) mass is 705 g/mol. The molecule has 0 N–H and O–H groups in total. The van der Waals surface area contributed by atoms with E-state index in [-0.39, 0.29) is 0 Å². The van der Waals surface area contributed by atoms with Gasteiger partial charge in [0, 0.05) is 0 Å². The summed E-state index contributed by atoms with van der Waals surface area (Å²) in [6, 6.07) is 27.4. The van der Waals surface area contributed by atoms with Crippen LogP contribution in [0.25, 0.3) is 0 Å². The molecular weight excluding hydrogens is 625 g/mol. The minimum absolute atomic E-state index is 0.639. The van der Waals surface area contributed by atoms with Gasteiger partial charge in [-0.3, -0.25) is 0 Å². The van der Waals surface area contributed by atoms with Crippen molar-refractivity contribution in [3.63, 3.8) is 0 Å². The quantitative estimate of drug-likeness (QED) is 0.171. The molecule has 0 heteroatoms. The van der Waals surface area contributed by atoms with Gasteiger partial charge in [0.15, 0.2) is 0 Å². The molecule has 0 amide bonds. The predicted molar refractivity (Wildman–Crippen MR) is 237 cm³/mol. The molecule has 0 aliphatic rings. The Morgan fingerprint density at radius 2 is 0.385 bits per heavy atom. The van der Waals surface area contributed by atoms with Crippen molar-refractivity contribution in [3.05, 3.63) is 140 Å². The summed E-state index contributed by atoms with van der Waals surface area (Å²) in [5, 5.41) is 0. The molecule has 0 bridgehead atoms. The Hall–Kier alpha value is -3.12. The number of benzene rings is 4. The van der Waals surface area contributed by atoms with Crippen molar-refractivity contribution in [3.8, 4) is 0 Å². The molecule has 52 heavy (non-hydrogen) atoms. The minimum Gasteiger partial charge on any atom is -0.0587 e. The summed E-state index contributed by atoms with van der Waals surface area (Å²) in [6.07, 6.45) is 0. The first kappa shape index (κ1) is 46.9. The predicted octanol–water partition coefficient (Wildman–Crippen LogP) is 17.0. The molecule has 0 atom stereocenters. The van der Waals surface area contributed by atoms with Crippen LogP contribution >= 0.6 is 0 Å². The van der Waals surface area contributed by atoms with Gasteiger partial charge in [-0.1, -0.05) is 184 Å². The van der Waals surface area contributed by atoms with Gasteiger partial charge in [-0.05, 0) is 142 Å². The van der Waals surface area contributed by atoms with E-state index in [0.29, 0.717) is 47.3 Å². The number of rotatable bonds is 8. The standard InChI is InChI=1S/4C13H20/c4*1-9(2)12-6-7-13(10(3)4)11(5)8-12/h4*6-10H,1-5H3. The first-order valence-corrected chi connectivity index (χ1v) is 20.5. The summed E-state index contributed by atoms with van der Waals surface area (Å²) in [4.78, 5) is 0. The average Bonchev–Trinajstić information content (AvgIpc) is 3.04. The lowest BCUT2D eigenvalue weighted by Crippen LogP contribution is -1.95. The summed E-state index contributed by atoms with van der Waals surface area (Å²) in [5.41, 5.74) is 17.4. The second kappa shape index (κ2) is 22.2. The third kappa shape index (κ3) is 15.1. The Morgan fingerprint density at radius 3 is 0.481 bits per heavy atom. The SMILES string of the molecule is Cc1cc(C(C)C)ccc1C(C)C.Cc1cc(C(C)C)ccc1C(C)C.Cc1cc(C(C)C)ccc1C(C)C.Cc1cc(C(C)C)ccc1C(C)C. The van der Waals surface area contributed by atoms with Crippen molar-refractivity contribution in [2.45, 2.75) is 186 Å². The van der Waals surface area contributed by atoms with Crippen LogP contribution in [0.5, 0.6) is 0 Å². The maximum Gasteiger partial charge on any atom is -0.0216 e. The highest BCUT2D eigenvalue weighted by atomic mass is 14.1. The van der Waals surface area contributed by atoms with Crippen LogP contribution in [-0.4, -0.2) is 0 Å². The Kier molecular flexibility index (Phi) is 20.0. The molecule has 0 radical (unpaired) electrons. The Bertz CT molecular complexity index is 1370. The van der Waals surface area contributed by atoms with Crippen LogP contribution in [0.15, 0.2) is 72.8 Å². The molecule has 288 valence electrons. The largest absolute Gasteiger partial charge is 0.0587 e. The van der Waals surface area contributed by atoms with Gasteiger partial charge in [0.05, 0.1) is 0 Å². The third-order valence-electron chi connectivity index (χ3n) is 10.3. The smallest absolute Gasteiger partial charge is 0.0216 e. The van der Waals surface area contributed by atoms with Gasteiger partial charge in [-0.25, -0.2) is 0 Å². The van der Waals surface area contributed by atoms with E-state index >= 15 is 0 Å². The minimum atomic E-state index is 0.639. The Labute approximate surface area is 324 Å². The van der Waals surface area contributed by atoms with Crippen molar-refractivity contribution < 1.29 is 0 Å². The van der Waals surface area contributed by atoms with Crippen LogP contribution in [0.1, 0.15) is 225 Å². The van der Waals surface area contributed by atoms with Crippen LogP contribution in [0, 0.1) is 27.7 Å². The highest BCUT2D eigenvalue weighted by Crippen LogP contribution is 2.26. The van der Waals surface area contributed by atoms with Crippen molar-refractivity contribution in [1.82, 2.24) is 0 Å². The lowest BCUT2D eigenvalue weighted by Gasteiger charge is -2.13. The second-order valence-electron chi connectivity index (χ2n) is 17.7. The molecule has 0 fully saturated rings. The summed E-state index contributed by atoms with van der Waals surface area (Å²) >= 11 is 0. The van der Waals surface area contributed by atoms with Gasteiger partial charge < -0.3 is 0 Å². The first-order chi connectivity index (χ1) is 24.1. The number of aryl methyl sites for hydroxylation is 4. The summed E-state index contributed by atoms with van der Waals surface area (Å²) in [5.74, 6) is 5.12. The Morgan fingerprint density at radius 1 is 0.231 bits per heavy atom. The van der Waals surface area contributed by atoms with Gasteiger partial charge in [-0.2, -0.15) is 0 Å². The van der Waals surface area contributed by atoms with E-state index in [2.05, 4.69) is 211 Å². The molecule has 0 aliphatic heterocycles. The van der Waals surface area contributed by atoms with Gasteiger partial charge in [-0.15, -0.1) is 0 Å². The zero-order chi connectivity index (χ0) is 40.0. The molecule has 4 aromatic rings. The highest BCUT2D eigenvalue weighted by Gasteiger charge is 2.08. The van der Waals surface area contributed by atoms with Crippen LogP contribution < -0.4 is 0 Å². The summed E-state index contributed by atoms with van der Waals surface area (Å²) in [7, 11) is 0. The lowest BCUT2D eigenvalue weighted by atomic mass is 9.93. The van der Waals surface area contributed by atoms with Crippen molar-refractivity contribution >= 4 is 0 Å². The van der Waals surface area contributed by atoms with E-state index in [0.717, 1.165) is 0 Å². The maximum atomic E-state index is 2.32. The molecule has 0 spiro atoms. The molecule has 0 nitrogen and oxygen atoms in total.